The Labute approximate surface area is 106 Å². The van der Waals surface area contributed by atoms with Crippen LogP contribution in [0.1, 0.15) is 17.3 Å². The summed E-state index contributed by atoms with van der Waals surface area (Å²) in [6.45, 7) is 3.16. The molecule has 1 heterocycles. The summed E-state index contributed by atoms with van der Waals surface area (Å²) in [6.07, 6.45) is 0. The van der Waals surface area contributed by atoms with E-state index < -0.39 is 0 Å². The van der Waals surface area contributed by atoms with Gasteiger partial charge in [0.25, 0.3) is 5.91 Å². The molecule has 0 aromatic heterocycles. The van der Waals surface area contributed by atoms with Crippen LogP contribution in [-0.4, -0.2) is 42.2 Å². The second-order valence-corrected chi connectivity index (χ2v) is 4.73. The zero-order valence-corrected chi connectivity index (χ0v) is 10.6. The minimum Gasteiger partial charge on any atom is -0.507 e. The highest BCUT2D eigenvalue weighted by atomic mass is 16.5. The minimum absolute atomic E-state index is 0.00157. The standard InChI is InChI=1S/C13H18N2O3/c1-8-6-15(7-11(8)14)13(17)10-5-9(18-2)3-4-12(10)16/h3-5,8,11,16H,6-7,14H2,1-2H3. The number of hydrogen-bond donors (Lipinski definition) is 2. The molecule has 0 aliphatic carbocycles. The lowest BCUT2D eigenvalue weighted by molar-refractivity contribution is 0.0783. The molecular weight excluding hydrogens is 232 g/mol. The average Bonchev–Trinajstić information content (AvgIpc) is 2.69. The van der Waals surface area contributed by atoms with Crippen molar-refractivity contribution in [2.45, 2.75) is 13.0 Å². The van der Waals surface area contributed by atoms with Gasteiger partial charge in [-0.1, -0.05) is 6.92 Å². The first-order valence-electron chi connectivity index (χ1n) is 5.94. The lowest BCUT2D eigenvalue weighted by atomic mass is 10.1. The van der Waals surface area contributed by atoms with Gasteiger partial charge in [0, 0.05) is 19.1 Å². The van der Waals surface area contributed by atoms with Crippen LogP contribution in [0.25, 0.3) is 0 Å². The van der Waals surface area contributed by atoms with E-state index in [0.717, 1.165) is 0 Å². The molecule has 98 valence electrons. The third kappa shape index (κ3) is 2.26. The van der Waals surface area contributed by atoms with E-state index >= 15 is 0 Å². The predicted molar refractivity (Wildman–Crippen MR) is 67.7 cm³/mol. The van der Waals surface area contributed by atoms with E-state index in [-0.39, 0.29) is 29.2 Å². The number of rotatable bonds is 2. The fourth-order valence-electron chi connectivity index (χ4n) is 2.14. The molecule has 1 fully saturated rings. The van der Waals surface area contributed by atoms with Crippen molar-refractivity contribution in [3.63, 3.8) is 0 Å². The molecule has 2 atom stereocenters. The van der Waals surface area contributed by atoms with E-state index in [1.54, 1.807) is 17.0 Å². The van der Waals surface area contributed by atoms with Gasteiger partial charge in [-0.3, -0.25) is 4.79 Å². The highest BCUT2D eigenvalue weighted by molar-refractivity contribution is 5.97. The van der Waals surface area contributed by atoms with Gasteiger partial charge in [0.2, 0.25) is 0 Å². The lowest BCUT2D eigenvalue weighted by Crippen LogP contribution is -2.32. The van der Waals surface area contributed by atoms with E-state index in [2.05, 4.69) is 0 Å². The molecule has 0 saturated carbocycles. The third-order valence-corrected chi connectivity index (χ3v) is 3.39. The van der Waals surface area contributed by atoms with Gasteiger partial charge in [-0.2, -0.15) is 0 Å². The molecule has 5 heteroatoms. The molecule has 0 bridgehead atoms. The molecule has 3 N–H and O–H groups in total. The summed E-state index contributed by atoms with van der Waals surface area (Å²) in [7, 11) is 1.52. The molecule has 0 spiro atoms. The molecule has 1 aliphatic heterocycles. The zero-order chi connectivity index (χ0) is 13.3. The van der Waals surface area contributed by atoms with Crippen LogP contribution in [0.5, 0.6) is 11.5 Å². The van der Waals surface area contributed by atoms with Crippen molar-refractivity contribution in [2.75, 3.05) is 20.2 Å². The Morgan fingerprint density at radius 1 is 1.50 bits per heavy atom. The summed E-state index contributed by atoms with van der Waals surface area (Å²) in [6, 6.07) is 4.63. The molecule has 0 radical (unpaired) electrons. The van der Waals surface area contributed by atoms with Crippen molar-refractivity contribution < 1.29 is 14.6 Å². The van der Waals surface area contributed by atoms with Crippen LogP contribution >= 0.6 is 0 Å². The number of hydrogen-bond acceptors (Lipinski definition) is 4. The second-order valence-electron chi connectivity index (χ2n) is 4.73. The van der Waals surface area contributed by atoms with Crippen molar-refractivity contribution in [3.05, 3.63) is 23.8 Å². The quantitative estimate of drug-likeness (QED) is 0.814. The average molecular weight is 250 g/mol. The molecule has 2 rings (SSSR count). The number of aromatic hydroxyl groups is 1. The van der Waals surface area contributed by atoms with Gasteiger partial charge in [0.05, 0.1) is 12.7 Å². The number of amides is 1. The van der Waals surface area contributed by atoms with Gasteiger partial charge in [-0.25, -0.2) is 0 Å². The maximum atomic E-state index is 12.3. The SMILES string of the molecule is COc1ccc(O)c(C(=O)N2CC(C)C(N)C2)c1. The molecular formula is C13H18N2O3. The largest absolute Gasteiger partial charge is 0.507 e. The van der Waals surface area contributed by atoms with E-state index in [4.69, 9.17) is 10.5 Å². The Bertz CT molecular complexity index is 452. The molecule has 18 heavy (non-hydrogen) atoms. The van der Waals surface area contributed by atoms with Gasteiger partial charge < -0.3 is 20.5 Å². The van der Waals surface area contributed by atoms with Crippen molar-refractivity contribution in [2.24, 2.45) is 11.7 Å². The van der Waals surface area contributed by atoms with Crippen LogP contribution < -0.4 is 10.5 Å². The Hall–Kier alpha value is -1.75. The van der Waals surface area contributed by atoms with E-state index in [1.165, 1.54) is 13.2 Å². The van der Waals surface area contributed by atoms with Crippen molar-refractivity contribution >= 4 is 5.91 Å². The number of nitrogens with two attached hydrogens (primary N) is 1. The van der Waals surface area contributed by atoms with Crippen LogP contribution in [0, 0.1) is 5.92 Å². The van der Waals surface area contributed by atoms with E-state index in [0.29, 0.717) is 18.8 Å². The maximum Gasteiger partial charge on any atom is 0.257 e. The number of ether oxygens (including phenoxy) is 1. The van der Waals surface area contributed by atoms with Gasteiger partial charge in [-0.05, 0) is 24.1 Å². The Kier molecular flexibility index (Phi) is 3.43. The molecule has 2 unspecified atom stereocenters. The fourth-order valence-corrected chi connectivity index (χ4v) is 2.14. The summed E-state index contributed by atoms with van der Waals surface area (Å²) in [5, 5.41) is 9.76. The third-order valence-electron chi connectivity index (χ3n) is 3.39. The van der Waals surface area contributed by atoms with Crippen LogP contribution in [-0.2, 0) is 0 Å². The van der Waals surface area contributed by atoms with Crippen LogP contribution in [0.15, 0.2) is 18.2 Å². The summed E-state index contributed by atoms with van der Waals surface area (Å²) in [5.41, 5.74) is 6.16. The molecule has 1 aromatic carbocycles. The van der Waals surface area contributed by atoms with Crippen LogP contribution in [0.3, 0.4) is 0 Å². The summed E-state index contributed by atoms with van der Waals surface area (Å²) >= 11 is 0. The highest BCUT2D eigenvalue weighted by Crippen LogP contribution is 2.26. The predicted octanol–water partition coefficient (Wildman–Crippen LogP) is 0.820. The molecule has 1 aromatic rings. The summed E-state index contributed by atoms with van der Waals surface area (Å²) in [5.74, 6) is 0.592. The normalized spacial score (nSPS) is 23.2. The number of likely N-dealkylation sites (tertiary alicyclic amines) is 1. The topological polar surface area (TPSA) is 75.8 Å². The first-order valence-corrected chi connectivity index (χ1v) is 5.94. The lowest BCUT2D eigenvalue weighted by Gasteiger charge is -2.17. The second kappa shape index (κ2) is 4.86. The summed E-state index contributed by atoms with van der Waals surface area (Å²) in [4.78, 5) is 14.0. The Balaban J connectivity index is 2.23. The minimum atomic E-state index is -0.203. The highest BCUT2D eigenvalue weighted by Gasteiger charge is 2.31. The molecule has 5 nitrogen and oxygen atoms in total. The van der Waals surface area contributed by atoms with Crippen molar-refractivity contribution in [1.29, 1.82) is 0 Å². The first kappa shape index (κ1) is 12.7. The smallest absolute Gasteiger partial charge is 0.257 e. The number of carbonyl (C=O) groups excluding carboxylic acids is 1. The van der Waals surface area contributed by atoms with E-state index in [9.17, 15) is 9.90 Å². The fraction of sp³-hybridized carbons (Fsp3) is 0.462. The number of nitrogens with zero attached hydrogens (tertiary/aromatic N) is 1. The van der Waals surface area contributed by atoms with Crippen LogP contribution in [0.2, 0.25) is 0 Å². The van der Waals surface area contributed by atoms with Crippen molar-refractivity contribution in [1.82, 2.24) is 4.90 Å². The molecule has 1 aliphatic rings. The molecule has 1 amide bonds. The van der Waals surface area contributed by atoms with Crippen LogP contribution in [0.4, 0.5) is 0 Å². The van der Waals surface area contributed by atoms with Gasteiger partial charge in [0.1, 0.15) is 11.5 Å². The van der Waals surface area contributed by atoms with Gasteiger partial charge in [-0.15, -0.1) is 0 Å². The summed E-state index contributed by atoms with van der Waals surface area (Å²) < 4.78 is 5.06. The Morgan fingerprint density at radius 3 is 2.78 bits per heavy atom. The Morgan fingerprint density at radius 2 is 2.22 bits per heavy atom. The number of phenolic OH excluding ortho intramolecular Hbond substituents is 1. The number of phenols is 1. The van der Waals surface area contributed by atoms with Gasteiger partial charge in [0.15, 0.2) is 0 Å². The van der Waals surface area contributed by atoms with E-state index in [1.807, 2.05) is 6.92 Å². The monoisotopic (exact) mass is 250 g/mol. The zero-order valence-electron chi connectivity index (χ0n) is 10.6. The molecule has 1 saturated heterocycles. The first-order chi connectivity index (χ1) is 8.52. The number of carbonyl (C=O) groups is 1. The van der Waals surface area contributed by atoms with Crippen molar-refractivity contribution in [3.8, 4) is 11.5 Å². The van der Waals surface area contributed by atoms with Gasteiger partial charge >= 0.3 is 0 Å². The number of methoxy groups -OCH3 is 1. The maximum absolute atomic E-state index is 12.3. The number of benzene rings is 1.